The number of hydrogen-bond acceptors (Lipinski definition) is 2. The third-order valence-corrected chi connectivity index (χ3v) is 4.70. The standard InChI is InChI=1S/C19H25IO2/c1-5-18(6-2)14-19(7-3,13-15(4)20)22-17(21-18)16-11-9-8-10-12-16/h5,8-13,17H,1,6-7,14H2,2-4H3/b15-13+/t17-,18-,19+/m1/s1. The second-order valence-electron chi connectivity index (χ2n) is 5.93. The summed E-state index contributed by atoms with van der Waals surface area (Å²) in [5.74, 6) is 0. The Balaban J connectivity index is 2.44. The molecule has 0 saturated carbocycles. The molecule has 0 spiro atoms. The Hall–Kier alpha value is -0.650. The first-order valence-corrected chi connectivity index (χ1v) is 8.95. The van der Waals surface area contributed by atoms with Crippen LogP contribution in [0.5, 0.6) is 0 Å². The Kier molecular flexibility index (Phi) is 5.86. The summed E-state index contributed by atoms with van der Waals surface area (Å²) >= 11 is 2.35. The maximum atomic E-state index is 6.43. The van der Waals surface area contributed by atoms with Crippen LogP contribution in [0.3, 0.4) is 0 Å². The zero-order chi connectivity index (χ0) is 16.2. The molecular weight excluding hydrogens is 387 g/mol. The van der Waals surface area contributed by atoms with Crippen molar-refractivity contribution >= 4 is 22.6 Å². The number of rotatable bonds is 5. The molecule has 1 saturated heterocycles. The summed E-state index contributed by atoms with van der Waals surface area (Å²) < 4.78 is 14.0. The lowest BCUT2D eigenvalue weighted by molar-refractivity contribution is -0.298. The summed E-state index contributed by atoms with van der Waals surface area (Å²) in [7, 11) is 0. The van der Waals surface area contributed by atoms with E-state index in [0.717, 1.165) is 24.8 Å². The van der Waals surface area contributed by atoms with E-state index in [2.05, 4.69) is 68.1 Å². The zero-order valence-electron chi connectivity index (χ0n) is 13.6. The first kappa shape index (κ1) is 17.7. The van der Waals surface area contributed by atoms with Gasteiger partial charge in [-0.2, -0.15) is 0 Å². The summed E-state index contributed by atoms with van der Waals surface area (Å²) in [4.78, 5) is 0. The minimum atomic E-state index is -0.361. The fourth-order valence-electron chi connectivity index (χ4n) is 3.02. The molecule has 22 heavy (non-hydrogen) atoms. The Labute approximate surface area is 147 Å². The number of ether oxygens (including phenoxy) is 2. The molecule has 1 aliphatic heterocycles. The summed E-state index contributed by atoms with van der Waals surface area (Å²) in [6.45, 7) is 10.5. The molecule has 3 atom stereocenters. The molecule has 1 aromatic rings. The van der Waals surface area contributed by atoms with Crippen molar-refractivity contribution in [3.63, 3.8) is 0 Å². The summed E-state index contributed by atoms with van der Waals surface area (Å²) in [6, 6.07) is 10.2. The summed E-state index contributed by atoms with van der Waals surface area (Å²) in [5, 5.41) is 0. The first-order valence-electron chi connectivity index (χ1n) is 7.87. The highest BCUT2D eigenvalue weighted by molar-refractivity contribution is 14.1. The molecular formula is C19H25IO2. The predicted molar refractivity (Wildman–Crippen MR) is 100.0 cm³/mol. The van der Waals surface area contributed by atoms with Gasteiger partial charge in [0.15, 0.2) is 6.29 Å². The third kappa shape index (κ3) is 3.81. The van der Waals surface area contributed by atoms with Crippen molar-refractivity contribution in [1.29, 1.82) is 0 Å². The normalized spacial score (nSPS) is 32.7. The van der Waals surface area contributed by atoms with E-state index in [1.807, 2.05) is 24.3 Å². The highest BCUT2D eigenvalue weighted by atomic mass is 127. The van der Waals surface area contributed by atoms with Crippen molar-refractivity contribution in [3.8, 4) is 0 Å². The molecule has 1 aromatic carbocycles. The van der Waals surface area contributed by atoms with Crippen LogP contribution in [0.4, 0.5) is 0 Å². The molecule has 1 fully saturated rings. The summed E-state index contributed by atoms with van der Waals surface area (Å²) in [5.41, 5.74) is 0.394. The molecule has 3 heteroatoms. The third-order valence-electron chi connectivity index (χ3n) is 4.38. The Morgan fingerprint density at radius 1 is 1.23 bits per heavy atom. The fourth-order valence-corrected chi connectivity index (χ4v) is 3.58. The molecule has 0 aliphatic carbocycles. The maximum absolute atomic E-state index is 6.43. The topological polar surface area (TPSA) is 18.5 Å². The molecule has 2 nitrogen and oxygen atoms in total. The van der Waals surface area contributed by atoms with Gasteiger partial charge in [-0.1, -0.05) is 50.3 Å². The van der Waals surface area contributed by atoms with E-state index in [1.165, 1.54) is 3.58 Å². The van der Waals surface area contributed by atoms with Gasteiger partial charge < -0.3 is 9.47 Å². The van der Waals surface area contributed by atoms with Crippen LogP contribution < -0.4 is 0 Å². The Bertz CT molecular complexity index is 536. The molecule has 2 rings (SSSR count). The highest BCUT2D eigenvalue weighted by Crippen LogP contribution is 2.46. The minimum absolute atomic E-state index is 0.311. The van der Waals surface area contributed by atoms with E-state index in [-0.39, 0.29) is 17.5 Å². The molecule has 0 amide bonds. The number of allylic oxidation sites excluding steroid dienone is 1. The lowest BCUT2D eigenvalue weighted by Gasteiger charge is -2.48. The van der Waals surface area contributed by atoms with Gasteiger partial charge in [0, 0.05) is 12.0 Å². The largest absolute Gasteiger partial charge is 0.338 e. The average molecular weight is 412 g/mol. The second kappa shape index (κ2) is 7.28. The lowest BCUT2D eigenvalue weighted by atomic mass is 9.81. The van der Waals surface area contributed by atoms with Crippen LogP contribution in [-0.2, 0) is 9.47 Å². The van der Waals surface area contributed by atoms with Gasteiger partial charge in [0.25, 0.3) is 0 Å². The monoisotopic (exact) mass is 412 g/mol. The van der Waals surface area contributed by atoms with Crippen molar-refractivity contribution in [3.05, 3.63) is 58.2 Å². The number of benzene rings is 1. The molecule has 0 aromatic heterocycles. The molecule has 0 bridgehead atoms. The predicted octanol–water partition coefficient (Wildman–Crippen LogP) is 5.94. The quantitative estimate of drug-likeness (QED) is 0.440. The zero-order valence-corrected chi connectivity index (χ0v) is 15.8. The average Bonchev–Trinajstić information content (AvgIpc) is 2.54. The maximum Gasteiger partial charge on any atom is 0.185 e. The molecule has 120 valence electrons. The molecule has 0 N–H and O–H groups in total. The first-order chi connectivity index (χ1) is 10.5. The van der Waals surface area contributed by atoms with Crippen molar-refractivity contribution in [1.82, 2.24) is 0 Å². The van der Waals surface area contributed by atoms with Gasteiger partial charge in [-0.05, 0) is 52.0 Å². The van der Waals surface area contributed by atoms with Crippen LogP contribution in [-0.4, -0.2) is 11.2 Å². The van der Waals surface area contributed by atoms with E-state index in [4.69, 9.17) is 9.47 Å². The Morgan fingerprint density at radius 2 is 1.82 bits per heavy atom. The van der Waals surface area contributed by atoms with Crippen molar-refractivity contribution < 1.29 is 9.47 Å². The van der Waals surface area contributed by atoms with Crippen molar-refractivity contribution in [2.24, 2.45) is 0 Å². The van der Waals surface area contributed by atoms with Crippen LogP contribution in [0.2, 0.25) is 0 Å². The van der Waals surface area contributed by atoms with Gasteiger partial charge in [-0.25, -0.2) is 0 Å². The molecule has 0 radical (unpaired) electrons. The lowest BCUT2D eigenvalue weighted by Crippen LogP contribution is -2.49. The van der Waals surface area contributed by atoms with Crippen LogP contribution in [0.1, 0.15) is 51.9 Å². The van der Waals surface area contributed by atoms with Gasteiger partial charge >= 0.3 is 0 Å². The van der Waals surface area contributed by atoms with Crippen LogP contribution in [0, 0.1) is 0 Å². The molecule has 1 aliphatic rings. The minimum Gasteiger partial charge on any atom is -0.338 e. The van der Waals surface area contributed by atoms with Crippen molar-refractivity contribution in [2.75, 3.05) is 0 Å². The SMILES string of the molecule is C=C[C@@]1(CC)C[C@@](/C=C(\C)I)(CC)O[C@H](c2ccccc2)O1. The number of halogens is 1. The van der Waals surface area contributed by atoms with E-state index in [9.17, 15) is 0 Å². The van der Waals surface area contributed by atoms with E-state index < -0.39 is 0 Å². The van der Waals surface area contributed by atoms with Crippen LogP contribution in [0.15, 0.2) is 52.6 Å². The van der Waals surface area contributed by atoms with Crippen LogP contribution in [0.25, 0.3) is 0 Å². The van der Waals surface area contributed by atoms with E-state index in [0.29, 0.717) is 0 Å². The summed E-state index contributed by atoms with van der Waals surface area (Å²) in [6.07, 6.45) is 6.43. The van der Waals surface area contributed by atoms with E-state index in [1.54, 1.807) is 0 Å². The molecule has 0 unspecified atom stereocenters. The van der Waals surface area contributed by atoms with Gasteiger partial charge in [0.1, 0.15) is 0 Å². The highest BCUT2D eigenvalue weighted by Gasteiger charge is 2.46. The Morgan fingerprint density at radius 3 is 2.32 bits per heavy atom. The smallest absolute Gasteiger partial charge is 0.185 e. The van der Waals surface area contributed by atoms with Gasteiger partial charge in [0.2, 0.25) is 0 Å². The number of hydrogen-bond donors (Lipinski definition) is 0. The van der Waals surface area contributed by atoms with E-state index >= 15 is 0 Å². The van der Waals surface area contributed by atoms with Crippen molar-refractivity contribution in [2.45, 2.75) is 57.5 Å². The molecule has 1 heterocycles. The fraction of sp³-hybridized carbons (Fsp3) is 0.474. The van der Waals surface area contributed by atoms with Gasteiger partial charge in [-0.15, -0.1) is 6.58 Å². The van der Waals surface area contributed by atoms with Gasteiger partial charge in [0.05, 0.1) is 11.2 Å². The van der Waals surface area contributed by atoms with Crippen LogP contribution >= 0.6 is 22.6 Å². The second-order valence-corrected chi connectivity index (χ2v) is 7.63. The van der Waals surface area contributed by atoms with Gasteiger partial charge in [-0.3, -0.25) is 0 Å².